The van der Waals surface area contributed by atoms with Crippen LogP contribution in [-0.4, -0.2) is 5.71 Å². The van der Waals surface area contributed by atoms with Crippen LogP contribution in [0.3, 0.4) is 0 Å². The van der Waals surface area contributed by atoms with Gasteiger partial charge in [0.1, 0.15) is 0 Å². The lowest BCUT2D eigenvalue weighted by Crippen LogP contribution is -2.02. The number of rotatable bonds is 3. The summed E-state index contributed by atoms with van der Waals surface area (Å²) >= 11 is 0. The molecule has 0 N–H and O–H groups in total. The van der Waals surface area contributed by atoms with Crippen LogP contribution in [-0.2, 0) is 0 Å². The van der Waals surface area contributed by atoms with E-state index in [4.69, 9.17) is 0 Å². The Morgan fingerprint density at radius 1 is 1.22 bits per heavy atom. The molecule has 1 nitrogen and oxygen atoms in total. The van der Waals surface area contributed by atoms with Crippen molar-refractivity contribution in [3.05, 3.63) is 35.6 Å². The van der Waals surface area contributed by atoms with Crippen molar-refractivity contribution in [3.63, 3.8) is 0 Å². The third-order valence-electron chi connectivity index (χ3n) is 2.99. The Bertz CT molecular complexity index is 365. The van der Waals surface area contributed by atoms with Gasteiger partial charge in [-0.05, 0) is 36.0 Å². The summed E-state index contributed by atoms with van der Waals surface area (Å²) in [5.41, 5.74) is 4.83. The number of hydrogen-bond donors (Lipinski definition) is 0. The molecule has 1 aliphatic rings. The Morgan fingerprint density at radius 2 is 1.78 bits per heavy atom. The second kappa shape index (κ2) is 8.07. The maximum Gasteiger partial charge on any atom is 0.0661 e. The predicted octanol–water partition coefficient (Wildman–Crippen LogP) is 5.56. The Labute approximate surface area is 113 Å². The molecule has 0 radical (unpaired) electrons. The fourth-order valence-corrected chi connectivity index (χ4v) is 1.79. The maximum atomic E-state index is 4.68. The summed E-state index contributed by atoms with van der Waals surface area (Å²) in [5, 5.41) is 0. The Hall–Kier alpha value is -1.11. The molecule has 1 aliphatic heterocycles. The van der Waals surface area contributed by atoms with Crippen LogP contribution < -0.4 is 0 Å². The molecule has 102 valence electrons. The van der Waals surface area contributed by atoms with Crippen molar-refractivity contribution in [1.29, 1.82) is 0 Å². The lowest BCUT2D eigenvalue weighted by molar-refractivity contribution is 0.788. The molecule has 18 heavy (non-hydrogen) atoms. The molecule has 0 aliphatic carbocycles. The normalized spacial score (nSPS) is 18.3. The van der Waals surface area contributed by atoms with Gasteiger partial charge in [-0.3, -0.25) is 4.99 Å². The molecular formula is C17H29N. The average Bonchev–Trinajstić information content (AvgIpc) is 2.70. The van der Waals surface area contributed by atoms with Gasteiger partial charge in [-0.15, -0.1) is 0 Å². The third-order valence-corrected chi connectivity index (χ3v) is 2.99. The van der Waals surface area contributed by atoms with E-state index < -0.39 is 0 Å². The van der Waals surface area contributed by atoms with Crippen LogP contribution in [0.4, 0.5) is 0 Å². The van der Waals surface area contributed by atoms with Gasteiger partial charge in [-0.1, -0.05) is 54.2 Å². The van der Waals surface area contributed by atoms with Crippen molar-refractivity contribution in [2.45, 2.75) is 54.9 Å². The fourth-order valence-electron chi connectivity index (χ4n) is 1.79. The molecule has 0 saturated heterocycles. The first-order chi connectivity index (χ1) is 8.45. The van der Waals surface area contributed by atoms with Crippen LogP contribution >= 0.6 is 0 Å². The average molecular weight is 247 g/mol. The first-order valence-corrected chi connectivity index (χ1v) is 7.09. The second-order valence-corrected chi connectivity index (χ2v) is 5.01. The first kappa shape index (κ1) is 16.9. The van der Waals surface area contributed by atoms with Crippen LogP contribution in [0, 0.1) is 11.8 Å². The number of allylic oxidation sites excluding steroid dienone is 4. The Kier molecular flexibility index (Phi) is 7.58. The van der Waals surface area contributed by atoms with E-state index >= 15 is 0 Å². The SMILES string of the molecule is C=C1CC(C(C)C)=N/C1=C/C(=C\C)C(C)C.CC. The van der Waals surface area contributed by atoms with E-state index in [2.05, 4.69) is 58.3 Å². The summed E-state index contributed by atoms with van der Waals surface area (Å²) in [5.74, 6) is 1.07. The molecule has 0 saturated carbocycles. The molecule has 1 heterocycles. The highest BCUT2D eigenvalue weighted by atomic mass is 14.8. The monoisotopic (exact) mass is 247 g/mol. The minimum absolute atomic E-state index is 0.524. The molecule has 0 fully saturated rings. The zero-order chi connectivity index (χ0) is 14.3. The highest BCUT2D eigenvalue weighted by Gasteiger charge is 2.18. The molecular weight excluding hydrogens is 218 g/mol. The molecule has 0 spiro atoms. The minimum atomic E-state index is 0.524. The van der Waals surface area contributed by atoms with Crippen LogP contribution in [0.25, 0.3) is 0 Å². The molecule has 1 heteroatoms. The summed E-state index contributed by atoms with van der Waals surface area (Å²) in [4.78, 5) is 4.68. The zero-order valence-corrected chi connectivity index (χ0v) is 13.2. The van der Waals surface area contributed by atoms with E-state index in [-0.39, 0.29) is 0 Å². The third kappa shape index (κ3) is 4.64. The molecule has 0 aromatic rings. The molecule has 1 rings (SSSR count). The van der Waals surface area contributed by atoms with E-state index in [1.807, 2.05) is 13.8 Å². The summed E-state index contributed by atoms with van der Waals surface area (Å²) in [6, 6.07) is 0. The van der Waals surface area contributed by atoms with Gasteiger partial charge in [0.2, 0.25) is 0 Å². The molecule has 0 atom stereocenters. The summed E-state index contributed by atoms with van der Waals surface area (Å²) in [6.07, 6.45) is 5.29. The molecule has 0 unspecified atom stereocenters. The lowest BCUT2D eigenvalue weighted by atomic mass is 9.99. The van der Waals surface area contributed by atoms with Crippen molar-refractivity contribution < 1.29 is 0 Å². The first-order valence-electron chi connectivity index (χ1n) is 7.09. The summed E-state index contributed by atoms with van der Waals surface area (Å²) < 4.78 is 0. The van der Waals surface area contributed by atoms with Crippen LogP contribution in [0.15, 0.2) is 40.6 Å². The van der Waals surface area contributed by atoms with Crippen molar-refractivity contribution in [3.8, 4) is 0 Å². The highest BCUT2D eigenvalue weighted by Crippen LogP contribution is 2.28. The number of aliphatic imine (C=N–C) groups is 1. The Balaban J connectivity index is 0.00000137. The van der Waals surface area contributed by atoms with Gasteiger partial charge in [0.05, 0.1) is 5.70 Å². The van der Waals surface area contributed by atoms with Crippen molar-refractivity contribution in [2.24, 2.45) is 16.8 Å². The second-order valence-electron chi connectivity index (χ2n) is 5.01. The van der Waals surface area contributed by atoms with Crippen LogP contribution in [0.5, 0.6) is 0 Å². The molecule has 0 aromatic carbocycles. The highest BCUT2D eigenvalue weighted by molar-refractivity contribution is 5.93. The maximum absolute atomic E-state index is 4.68. The van der Waals surface area contributed by atoms with E-state index in [1.54, 1.807) is 0 Å². The van der Waals surface area contributed by atoms with E-state index in [1.165, 1.54) is 11.3 Å². The van der Waals surface area contributed by atoms with E-state index in [0.717, 1.165) is 17.7 Å². The minimum Gasteiger partial charge on any atom is -0.257 e. The largest absolute Gasteiger partial charge is 0.257 e. The van der Waals surface area contributed by atoms with E-state index in [9.17, 15) is 0 Å². The van der Waals surface area contributed by atoms with Crippen molar-refractivity contribution in [2.75, 3.05) is 0 Å². The van der Waals surface area contributed by atoms with Gasteiger partial charge in [-0.2, -0.15) is 0 Å². The van der Waals surface area contributed by atoms with Crippen LogP contribution in [0.2, 0.25) is 0 Å². The van der Waals surface area contributed by atoms with Crippen LogP contribution in [0.1, 0.15) is 54.9 Å². The van der Waals surface area contributed by atoms with Gasteiger partial charge in [-0.25, -0.2) is 0 Å². The summed E-state index contributed by atoms with van der Waals surface area (Å²) in [7, 11) is 0. The quantitative estimate of drug-likeness (QED) is 0.619. The molecule has 0 aromatic heterocycles. The van der Waals surface area contributed by atoms with Gasteiger partial charge in [0.15, 0.2) is 0 Å². The number of hydrogen-bond acceptors (Lipinski definition) is 1. The number of nitrogens with zero attached hydrogens (tertiary/aromatic N) is 1. The summed E-state index contributed by atoms with van der Waals surface area (Å²) in [6.45, 7) is 19.0. The van der Waals surface area contributed by atoms with Gasteiger partial charge >= 0.3 is 0 Å². The van der Waals surface area contributed by atoms with Gasteiger partial charge in [0, 0.05) is 12.1 Å². The predicted molar refractivity (Wildman–Crippen MR) is 84.1 cm³/mol. The van der Waals surface area contributed by atoms with Crippen molar-refractivity contribution >= 4 is 5.71 Å². The fraction of sp³-hybridized carbons (Fsp3) is 0.588. The van der Waals surface area contributed by atoms with Crippen molar-refractivity contribution in [1.82, 2.24) is 0 Å². The topological polar surface area (TPSA) is 12.4 Å². The van der Waals surface area contributed by atoms with Gasteiger partial charge < -0.3 is 0 Å². The van der Waals surface area contributed by atoms with Gasteiger partial charge in [0.25, 0.3) is 0 Å². The zero-order valence-electron chi connectivity index (χ0n) is 13.2. The Morgan fingerprint density at radius 3 is 2.11 bits per heavy atom. The lowest BCUT2D eigenvalue weighted by Gasteiger charge is -2.06. The molecule has 0 amide bonds. The molecule has 0 bridgehead atoms. The van der Waals surface area contributed by atoms with E-state index in [0.29, 0.717) is 11.8 Å². The standard InChI is InChI=1S/C15H23N.C2H6/c1-7-13(10(2)3)9-15-12(6)8-14(16-15)11(4)5;1-2/h7,9-11H,6,8H2,1-5H3;1-2H3/b13-7+,15-9+;. The smallest absolute Gasteiger partial charge is 0.0661 e.